The normalized spacial score (nSPS) is 22.7. The average Bonchev–Trinajstić information content (AvgIpc) is 2.86. The van der Waals surface area contributed by atoms with Crippen LogP contribution in [0.15, 0.2) is 24.3 Å². The lowest BCUT2D eigenvalue weighted by Crippen LogP contribution is -2.15. The van der Waals surface area contributed by atoms with Crippen molar-refractivity contribution in [2.75, 3.05) is 0 Å². The molecule has 1 aromatic carbocycles. The molecule has 0 aliphatic heterocycles. The first-order chi connectivity index (χ1) is 9.11. The van der Waals surface area contributed by atoms with Crippen molar-refractivity contribution in [2.24, 2.45) is 11.8 Å². The zero-order valence-corrected chi connectivity index (χ0v) is 12.2. The van der Waals surface area contributed by atoms with E-state index in [2.05, 4.69) is 6.92 Å². The Morgan fingerprint density at radius 1 is 1.32 bits per heavy atom. The molecule has 1 aliphatic rings. The van der Waals surface area contributed by atoms with Crippen molar-refractivity contribution in [2.45, 2.75) is 52.6 Å². The molecule has 2 rings (SSSR count). The van der Waals surface area contributed by atoms with Gasteiger partial charge >= 0.3 is 0 Å². The Bertz CT molecular complexity index is 437. The first-order valence-corrected chi connectivity index (χ1v) is 7.41. The monoisotopic (exact) mass is 260 g/mol. The molecule has 2 nitrogen and oxygen atoms in total. The molecule has 19 heavy (non-hydrogen) atoms. The van der Waals surface area contributed by atoms with Gasteiger partial charge in [0.25, 0.3) is 0 Å². The van der Waals surface area contributed by atoms with Crippen LogP contribution >= 0.6 is 0 Å². The van der Waals surface area contributed by atoms with Crippen LogP contribution in [-0.4, -0.2) is 11.9 Å². The molecule has 0 saturated heterocycles. The topological polar surface area (TPSA) is 26.3 Å². The maximum Gasteiger partial charge on any atom is 0.169 e. The molecule has 0 heterocycles. The number of hydrogen-bond acceptors (Lipinski definition) is 2. The largest absolute Gasteiger partial charge is 0.490 e. The molecule has 0 amide bonds. The Labute approximate surface area is 116 Å². The zero-order valence-electron chi connectivity index (χ0n) is 12.2. The van der Waals surface area contributed by atoms with E-state index in [1.54, 1.807) is 0 Å². The first kappa shape index (κ1) is 14.1. The van der Waals surface area contributed by atoms with Gasteiger partial charge in [-0.15, -0.1) is 0 Å². The van der Waals surface area contributed by atoms with E-state index in [-0.39, 0.29) is 17.8 Å². The van der Waals surface area contributed by atoms with Crippen molar-refractivity contribution < 1.29 is 9.53 Å². The van der Waals surface area contributed by atoms with Gasteiger partial charge in [0, 0.05) is 5.92 Å². The highest BCUT2D eigenvalue weighted by atomic mass is 16.5. The number of carbonyl (C=O) groups is 1. The Morgan fingerprint density at radius 2 is 2.05 bits per heavy atom. The van der Waals surface area contributed by atoms with Gasteiger partial charge in [-0.05, 0) is 51.2 Å². The van der Waals surface area contributed by atoms with Gasteiger partial charge in [-0.2, -0.15) is 0 Å². The summed E-state index contributed by atoms with van der Waals surface area (Å²) in [5, 5.41) is 0. The minimum absolute atomic E-state index is 0.0981. The molecule has 0 bridgehead atoms. The van der Waals surface area contributed by atoms with E-state index < -0.39 is 0 Å². The summed E-state index contributed by atoms with van der Waals surface area (Å²) < 4.78 is 5.76. The molecule has 0 N–H and O–H groups in total. The van der Waals surface area contributed by atoms with Gasteiger partial charge in [-0.3, -0.25) is 4.79 Å². The highest BCUT2D eigenvalue weighted by Gasteiger charge is 2.30. The highest BCUT2D eigenvalue weighted by molar-refractivity contribution is 6.00. The summed E-state index contributed by atoms with van der Waals surface area (Å²) in [5.41, 5.74) is 0.762. The Hall–Kier alpha value is -1.31. The first-order valence-electron chi connectivity index (χ1n) is 7.41. The van der Waals surface area contributed by atoms with Crippen LogP contribution in [0.4, 0.5) is 0 Å². The van der Waals surface area contributed by atoms with Gasteiger partial charge in [0.15, 0.2) is 5.78 Å². The number of hydrogen-bond donors (Lipinski definition) is 0. The third-order valence-electron chi connectivity index (χ3n) is 4.00. The maximum absolute atomic E-state index is 12.6. The third kappa shape index (κ3) is 3.37. The van der Waals surface area contributed by atoms with E-state index in [0.717, 1.165) is 30.1 Å². The molecule has 1 aromatic rings. The molecule has 2 atom stereocenters. The number of rotatable bonds is 5. The van der Waals surface area contributed by atoms with E-state index >= 15 is 0 Å². The molecule has 0 aromatic heterocycles. The summed E-state index contributed by atoms with van der Waals surface area (Å²) in [5.74, 6) is 1.93. The molecule has 104 valence electrons. The molecule has 0 spiro atoms. The van der Waals surface area contributed by atoms with Crippen LogP contribution < -0.4 is 4.74 Å². The predicted molar refractivity (Wildman–Crippen MR) is 77.7 cm³/mol. The van der Waals surface area contributed by atoms with E-state index in [0.29, 0.717) is 0 Å². The molecule has 1 aliphatic carbocycles. The molecular formula is C17H24O2. The second kappa shape index (κ2) is 6.23. The summed E-state index contributed by atoms with van der Waals surface area (Å²) in [6.45, 7) is 6.20. The number of ketones is 1. The molecule has 0 radical (unpaired) electrons. The Kier molecular flexibility index (Phi) is 4.62. The summed E-state index contributed by atoms with van der Waals surface area (Å²) >= 11 is 0. The molecular weight excluding hydrogens is 236 g/mol. The fourth-order valence-electron chi connectivity index (χ4n) is 2.93. The van der Waals surface area contributed by atoms with E-state index in [4.69, 9.17) is 4.74 Å². The SMILES string of the molecule is CCC1CCC(C(=O)c2ccccc2OC(C)C)C1. The lowest BCUT2D eigenvalue weighted by molar-refractivity contribution is 0.0914. The van der Waals surface area contributed by atoms with Crippen LogP contribution in [0.1, 0.15) is 56.8 Å². The summed E-state index contributed by atoms with van der Waals surface area (Å²) in [6.07, 6.45) is 4.56. The fraction of sp³-hybridized carbons (Fsp3) is 0.588. The zero-order chi connectivity index (χ0) is 13.8. The van der Waals surface area contributed by atoms with E-state index in [1.807, 2.05) is 38.1 Å². The number of Topliss-reactive ketones (excluding diaryl/α,β-unsaturated/α-hetero) is 1. The Morgan fingerprint density at radius 3 is 2.68 bits per heavy atom. The average molecular weight is 260 g/mol. The van der Waals surface area contributed by atoms with Gasteiger partial charge in [0.2, 0.25) is 0 Å². The lowest BCUT2D eigenvalue weighted by Gasteiger charge is -2.16. The van der Waals surface area contributed by atoms with Crippen LogP contribution in [0.5, 0.6) is 5.75 Å². The lowest BCUT2D eigenvalue weighted by atomic mass is 9.94. The van der Waals surface area contributed by atoms with Crippen LogP contribution in [0.2, 0.25) is 0 Å². The molecule has 1 fully saturated rings. The van der Waals surface area contributed by atoms with Crippen molar-refractivity contribution in [3.8, 4) is 5.75 Å². The van der Waals surface area contributed by atoms with Gasteiger partial charge < -0.3 is 4.74 Å². The highest BCUT2D eigenvalue weighted by Crippen LogP contribution is 2.36. The van der Waals surface area contributed by atoms with Crippen molar-refractivity contribution in [1.29, 1.82) is 0 Å². The van der Waals surface area contributed by atoms with Gasteiger partial charge in [0.05, 0.1) is 11.7 Å². The smallest absolute Gasteiger partial charge is 0.169 e. The van der Waals surface area contributed by atoms with Crippen LogP contribution in [0, 0.1) is 11.8 Å². The molecule has 2 unspecified atom stereocenters. The number of ether oxygens (including phenoxy) is 1. The minimum atomic E-state index is 0.0981. The van der Waals surface area contributed by atoms with Gasteiger partial charge in [0.1, 0.15) is 5.75 Å². The Balaban J connectivity index is 2.15. The van der Waals surface area contributed by atoms with Crippen molar-refractivity contribution in [3.05, 3.63) is 29.8 Å². The minimum Gasteiger partial charge on any atom is -0.490 e. The van der Waals surface area contributed by atoms with E-state index in [1.165, 1.54) is 12.8 Å². The third-order valence-corrected chi connectivity index (χ3v) is 4.00. The maximum atomic E-state index is 12.6. The molecule has 2 heteroatoms. The quantitative estimate of drug-likeness (QED) is 0.729. The van der Waals surface area contributed by atoms with Crippen molar-refractivity contribution in [1.82, 2.24) is 0 Å². The number of carbonyl (C=O) groups excluding carboxylic acids is 1. The summed E-state index contributed by atoms with van der Waals surface area (Å²) in [4.78, 5) is 12.6. The predicted octanol–water partition coefficient (Wildman–Crippen LogP) is 4.48. The standard InChI is InChI=1S/C17H24O2/c1-4-13-9-10-14(11-13)17(18)15-7-5-6-8-16(15)19-12(2)3/h5-8,12-14H,4,9-11H2,1-3H3. The fourth-order valence-corrected chi connectivity index (χ4v) is 2.93. The van der Waals surface area contributed by atoms with Crippen LogP contribution in [0.25, 0.3) is 0 Å². The second-order valence-corrected chi connectivity index (χ2v) is 5.81. The van der Waals surface area contributed by atoms with Gasteiger partial charge in [-0.1, -0.05) is 25.5 Å². The molecule has 1 saturated carbocycles. The van der Waals surface area contributed by atoms with Gasteiger partial charge in [-0.25, -0.2) is 0 Å². The van der Waals surface area contributed by atoms with Crippen LogP contribution in [0.3, 0.4) is 0 Å². The van der Waals surface area contributed by atoms with Crippen molar-refractivity contribution >= 4 is 5.78 Å². The summed E-state index contributed by atoms with van der Waals surface area (Å²) in [6, 6.07) is 7.66. The summed E-state index contributed by atoms with van der Waals surface area (Å²) in [7, 11) is 0. The van der Waals surface area contributed by atoms with E-state index in [9.17, 15) is 4.79 Å². The van der Waals surface area contributed by atoms with Crippen LogP contribution in [-0.2, 0) is 0 Å². The number of benzene rings is 1. The second-order valence-electron chi connectivity index (χ2n) is 5.81. The number of para-hydroxylation sites is 1. The van der Waals surface area contributed by atoms with Crippen molar-refractivity contribution in [3.63, 3.8) is 0 Å².